The van der Waals surface area contributed by atoms with E-state index in [0.717, 1.165) is 4.68 Å². The molecule has 0 unspecified atom stereocenters. The Morgan fingerprint density at radius 3 is 2.91 bits per heavy atom. The number of phenolic OH excluding ortho intramolecular Hbond substituents is 1. The Kier molecular flexibility index (Phi) is 5.24. The summed E-state index contributed by atoms with van der Waals surface area (Å²) in [5, 5.41) is 28.3. The van der Waals surface area contributed by atoms with Gasteiger partial charge in [0, 0.05) is 6.42 Å². The van der Waals surface area contributed by atoms with Crippen molar-refractivity contribution in [3.05, 3.63) is 49.6 Å². The maximum absolute atomic E-state index is 12.2. The summed E-state index contributed by atoms with van der Waals surface area (Å²) in [6.07, 6.45) is 1.06. The largest absolute Gasteiger partial charge is 0.506 e. The molecule has 0 atom stereocenters. The van der Waals surface area contributed by atoms with E-state index in [9.17, 15) is 14.7 Å². The maximum Gasteiger partial charge on any atom is 0.303 e. The van der Waals surface area contributed by atoms with Crippen LogP contribution in [0, 0.1) is 4.77 Å². The third kappa shape index (κ3) is 4.24. The van der Waals surface area contributed by atoms with E-state index in [1.54, 1.807) is 6.07 Å². The van der Waals surface area contributed by atoms with Crippen LogP contribution >= 0.6 is 23.8 Å². The maximum atomic E-state index is 12.2. The molecular weight excluding hydrogens is 344 g/mol. The normalized spacial score (nSPS) is 11.0. The number of aromatic hydroxyl groups is 1. The molecule has 0 radical (unpaired) electrons. The summed E-state index contributed by atoms with van der Waals surface area (Å²) >= 11 is 10.7. The van der Waals surface area contributed by atoms with Gasteiger partial charge in [-0.1, -0.05) is 11.6 Å². The molecule has 0 bridgehead atoms. The zero-order chi connectivity index (χ0) is 17.0. The van der Waals surface area contributed by atoms with Crippen LogP contribution in [0.25, 0.3) is 0 Å². The van der Waals surface area contributed by atoms with Crippen molar-refractivity contribution in [3.63, 3.8) is 0 Å². The van der Waals surface area contributed by atoms with Gasteiger partial charge in [0.2, 0.25) is 4.77 Å². The van der Waals surface area contributed by atoms with Crippen LogP contribution in [0.15, 0.2) is 28.1 Å². The minimum Gasteiger partial charge on any atom is -0.506 e. The molecule has 1 heterocycles. The van der Waals surface area contributed by atoms with E-state index in [-0.39, 0.29) is 34.1 Å². The smallest absolute Gasteiger partial charge is 0.303 e. The van der Waals surface area contributed by atoms with Gasteiger partial charge in [0.15, 0.2) is 0 Å². The molecule has 1 aromatic heterocycles. The van der Waals surface area contributed by atoms with E-state index in [2.05, 4.69) is 15.3 Å². The second-order valence-corrected chi connectivity index (χ2v) is 5.24. The molecule has 2 rings (SSSR count). The molecule has 3 N–H and O–H groups in total. The summed E-state index contributed by atoms with van der Waals surface area (Å²) in [6.45, 7) is 0. The highest BCUT2D eigenvalue weighted by atomic mass is 35.5. The van der Waals surface area contributed by atoms with Gasteiger partial charge in [0.25, 0.3) is 5.56 Å². The fraction of sp³-hybridized carbons (Fsp3) is 0.154. The number of carboxylic acid groups (broad SMARTS) is 1. The number of halogens is 1. The van der Waals surface area contributed by atoms with Crippen molar-refractivity contribution in [2.75, 3.05) is 0 Å². The number of aliphatic carboxylic acids is 1. The summed E-state index contributed by atoms with van der Waals surface area (Å²) in [4.78, 5) is 22.8. The highest BCUT2D eigenvalue weighted by molar-refractivity contribution is 7.71. The molecule has 2 aromatic rings. The lowest BCUT2D eigenvalue weighted by Crippen LogP contribution is -2.25. The predicted octanol–water partition coefficient (Wildman–Crippen LogP) is 1.56. The molecule has 0 aliphatic heterocycles. The number of H-pyrrole nitrogens is 1. The Morgan fingerprint density at radius 2 is 2.26 bits per heavy atom. The summed E-state index contributed by atoms with van der Waals surface area (Å²) in [5.74, 6) is -1.11. The van der Waals surface area contributed by atoms with Crippen LogP contribution in [-0.4, -0.2) is 37.3 Å². The van der Waals surface area contributed by atoms with E-state index in [4.69, 9.17) is 28.9 Å². The standard InChI is InChI=1S/C13H11ClN4O4S/c14-8-5-7(1-3-10(8)19)6-15-18-12(22)9(2-4-11(20)21)16-17-13(18)23/h1,3,5-6,19H,2,4H2,(H,17,23)(H,20,21)/b15-6-. The van der Waals surface area contributed by atoms with Crippen LogP contribution in [0.4, 0.5) is 0 Å². The van der Waals surface area contributed by atoms with Crippen molar-refractivity contribution < 1.29 is 15.0 Å². The highest BCUT2D eigenvalue weighted by Gasteiger charge is 2.09. The van der Waals surface area contributed by atoms with Gasteiger partial charge >= 0.3 is 5.97 Å². The lowest BCUT2D eigenvalue weighted by Gasteiger charge is -2.02. The van der Waals surface area contributed by atoms with E-state index >= 15 is 0 Å². The second-order valence-electron chi connectivity index (χ2n) is 4.44. The first-order valence-electron chi connectivity index (χ1n) is 6.34. The van der Waals surface area contributed by atoms with Crippen LogP contribution in [0.5, 0.6) is 5.75 Å². The highest BCUT2D eigenvalue weighted by Crippen LogP contribution is 2.22. The van der Waals surface area contributed by atoms with Crippen molar-refractivity contribution >= 4 is 36.0 Å². The third-order valence-electron chi connectivity index (χ3n) is 2.79. The molecule has 0 amide bonds. The Bertz CT molecular complexity index is 890. The van der Waals surface area contributed by atoms with Crippen LogP contribution in [0.2, 0.25) is 5.02 Å². The number of benzene rings is 1. The van der Waals surface area contributed by atoms with Gasteiger partial charge in [0.05, 0.1) is 17.7 Å². The van der Waals surface area contributed by atoms with E-state index in [1.807, 2.05) is 0 Å². The molecule has 23 heavy (non-hydrogen) atoms. The lowest BCUT2D eigenvalue weighted by molar-refractivity contribution is -0.136. The molecule has 8 nitrogen and oxygen atoms in total. The molecular formula is C13H11ClN4O4S. The van der Waals surface area contributed by atoms with Gasteiger partial charge in [-0.15, -0.1) is 0 Å². The number of nitrogens with zero attached hydrogens (tertiary/aromatic N) is 3. The Labute approximate surface area is 139 Å². The number of carboxylic acids is 1. The fourth-order valence-corrected chi connectivity index (χ4v) is 2.01. The molecule has 0 aliphatic rings. The van der Waals surface area contributed by atoms with Crippen molar-refractivity contribution in [1.82, 2.24) is 14.9 Å². The van der Waals surface area contributed by atoms with Gasteiger partial charge in [0.1, 0.15) is 11.4 Å². The summed E-state index contributed by atoms with van der Waals surface area (Å²) in [6, 6.07) is 4.40. The van der Waals surface area contributed by atoms with Crippen LogP contribution in [0.1, 0.15) is 17.7 Å². The van der Waals surface area contributed by atoms with Gasteiger partial charge in [-0.05, 0) is 36.0 Å². The average molecular weight is 355 g/mol. The van der Waals surface area contributed by atoms with Gasteiger partial charge in [-0.25, -0.2) is 0 Å². The van der Waals surface area contributed by atoms with Gasteiger partial charge < -0.3 is 10.2 Å². The molecule has 0 fully saturated rings. The number of aromatic nitrogens is 3. The van der Waals surface area contributed by atoms with E-state index in [0.29, 0.717) is 5.56 Å². The lowest BCUT2D eigenvalue weighted by atomic mass is 10.2. The first-order valence-corrected chi connectivity index (χ1v) is 7.12. The van der Waals surface area contributed by atoms with E-state index < -0.39 is 11.5 Å². The van der Waals surface area contributed by atoms with Crippen LogP contribution in [-0.2, 0) is 11.2 Å². The van der Waals surface area contributed by atoms with E-state index in [1.165, 1.54) is 18.3 Å². The number of nitrogens with one attached hydrogen (secondary N) is 1. The molecule has 0 aliphatic carbocycles. The molecule has 10 heteroatoms. The Balaban J connectivity index is 2.35. The number of aryl methyl sites for hydroxylation is 1. The number of carbonyl (C=O) groups is 1. The summed E-state index contributed by atoms with van der Waals surface area (Å²) in [7, 11) is 0. The Morgan fingerprint density at radius 1 is 1.52 bits per heavy atom. The van der Waals surface area contributed by atoms with Crippen molar-refractivity contribution in [2.24, 2.45) is 5.10 Å². The number of rotatable bonds is 5. The molecule has 0 spiro atoms. The fourth-order valence-electron chi connectivity index (χ4n) is 1.65. The van der Waals surface area contributed by atoms with Crippen molar-refractivity contribution in [1.29, 1.82) is 0 Å². The second kappa shape index (κ2) is 7.16. The van der Waals surface area contributed by atoms with Crippen molar-refractivity contribution in [2.45, 2.75) is 12.8 Å². The SMILES string of the molecule is O=C(O)CCc1n[nH]c(=S)n(/N=C\c2ccc(O)c(Cl)c2)c1=O. The number of aromatic amines is 1. The number of hydrogen-bond acceptors (Lipinski definition) is 6. The van der Waals surface area contributed by atoms with Gasteiger partial charge in [-0.2, -0.15) is 14.9 Å². The zero-order valence-electron chi connectivity index (χ0n) is 11.6. The minimum absolute atomic E-state index is 0.0156. The zero-order valence-corrected chi connectivity index (χ0v) is 13.1. The monoisotopic (exact) mass is 354 g/mol. The van der Waals surface area contributed by atoms with Crippen LogP contribution < -0.4 is 5.56 Å². The first-order chi connectivity index (χ1) is 10.9. The molecule has 1 aromatic carbocycles. The molecule has 120 valence electrons. The first kappa shape index (κ1) is 16.8. The number of hydrogen-bond donors (Lipinski definition) is 3. The number of phenols is 1. The van der Waals surface area contributed by atoms with Crippen molar-refractivity contribution in [3.8, 4) is 5.75 Å². The average Bonchev–Trinajstić information content (AvgIpc) is 2.49. The van der Waals surface area contributed by atoms with Crippen LogP contribution in [0.3, 0.4) is 0 Å². The predicted molar refractivity (Wildman–Crippen MR) is 85.7 cm³/mol. The van der Waals surface area contributed by atoms with Gasteiger partial charge in [-0.3, -0.25) is 14.7 Å². The Hall–Kier alpha value is -2.52. The summed E-state index contributed by atoms with van der Waals surface area (Å²) < 4.78 is 0.871. The topological polar surface area (TPSA) is 121 Å². The minimum atomic E-state index is -1.04. The third-order valence-corrected chi connectivity index (χ3v) is 3.35. The molecule has 0 saturated heterocycles. The summed E-state index contributed by atoms with van der Waals surface area (Å²) in [5.41, 5.74) is -0.0454. The quantitative estimate of drug-likeness (QED) is 0.553. The molecule has 0 saturated carbocycles.